The molecule has 0 saturated heterocycles. The number of nitrogens with zero attached hydrogens (tertiary/aromatic N) is 2. The molecule has 0 saturated carbocycles. The molecular weight excluding hydrogens is 388 g/mol. The maximum absolute atomic E-state index is 12.3. The maximum atomic E-state index is 12.3. The van der Waals surface area contributed by atoms with E-state index in [1.54, 1.807) is 13.8 Å². The molecule has 1 amide bonds. The van der Waals surface area contributed by atoms with Gasteiger partial charge in [0.1, 0.15) is 0 Å². The number of rotatable bonds is 7. The molecule has 2 heterocycles. The second kappa shape index (κ2) is 7.99. The lowest BCUT2D eigenvalue weighted by molar-refractivity contribution is 0.0949. The fourth-order valence-electron chi connectivity index (χ4n) is 2.27. The molecule has 27 heavy (non-hydrogen) atoms. The molecule has 3 aromatic rings. The minimum Gasteiger partial charge on any atom is -0.345 e. The Morgan fingerprint density at radius 2 is 2.11 bits per heavy atom. The van der Waals surface area contributed by atoms with Gasteiger partial charge in [-0.05, 0) is 43.5 Å². The van der Waals surface area contributed by atoms with Crippen LogP contribution in [-0.2, 0) is 16.6 Å². The van der Waals surface area contributed by atoms with Gasteiger partial charge >= 0.3 is 0 Å². The summed E-state index contributed by atoms with van der Waals surface area (Å²) < 4.78 is 32.1. The Morgan fingerprint density at radius 3 is 2.81 bits per heavy atom. The summed E-state index contributed by atoms with van der Waals surface area (Å²) in [5.74, 6) is 0.279. The molecule has 0 radical (unpaired) electrons. The molecule has 10 heteroatoms. The van der Waals surface area contributed by atoms with E-state index < -0.39 is 15.9 Å². The van der Waals surface area contributed by atoms with Crippen molar-refractivity contribution in [3.05, 3.63) is 52.5 Å². The van der Waals surface area contributed by atoms with Crippen molar-refractivity contribution >= 4 is 27.3 Å². The van der Waals surface area contributed by atoms with E-state index in [4.69, 9.17) is 4.52 Å². The van der Waals surface area contributed by atoms with Gasteiger partial charge in [0.05, 0.1) is 17.0 Å². The molecule has 0 spiro atoms. The highest BCUT2D eigenvalue weighted by Gasteiger charge is 2.17. The molecule has 0 fully saturated rings. The number of carbonyl (C=O) groups is 1. The molecule has 0 unspecified atom stereocenters. The zero-order valence-electron chi connectivity index (χ0n) is 14.7. The van der Waals surface area contributed by atoms with Crippen LogP contribution in [0.5, 0.6) is 0 Å². The standard InChI is InChI=1S/C17H18N4O4S2/c1-11(2)21-27(23,24)14-5-3-4-12(8-14)16(22)18-9-15-19-17(25-20-15)13-6-7-26-10-13/h3-8,10-11,21H,9H2,1-2H3,(H,18,22). The molecule has 2 N–H and O–H groups in total. The minimum atomic E-state index is -3.67. The van der Waals surface area contributed by atoms with Gasteiger partial charge in [-0.15, -0.1) is 0 Å². The van der Waals surface area contributed by atoms with Crippen LogP contribution < -0.4 is 10.0 Å². The molecule has 0 atom stereocenters. The summed E-state index contributed by atoms with van der Waals surface area (Å²) in [5.41, 5.74) is 1.05. The van der Waals surface area contributed by atoms with E-state index in [2.05, 4.69) is 20.2 Å². The van der Waals surface area contributed by atoms with Crippen LogP contribution in [0.2, 0.25) is 0 Å². The van der Waals surface area contributed by atoms with Crippen LogP contribution in [0.3, 0.4) is 0 Å². The zero-order valence-corrected chi connectivity index (χ0v) is 16.3. The molecule has 1 aromatic carbocycles. The Hall–Kier alpha value is -2.56. The third-order valence-electron chi connectivity index (χ3n) is 3.44. The number of aromatic nitrogens is 2. The minimum absolute atomic E-state index is 0.0307. The fraction of sp³-hybridized carbons (Fsp3) is 0.235. The average Bonchev–Trinajstić information content (AvgIpc) is 3.30. The van der Waals surface area contributed by atoms with Gasteiger partial charge in [-0.1, -0.05) is 11.2 Å². The van der Waals surface area contributed by atoms with Crippen LogP contribution in [0.1, 0.15) is 30.0 Å². The van der Waals surface area contributed by atoms with Crippen molar-refractivity contribution in [1.29, 1.82) is 0 Å². The SMILES string of the molecule is CC(C)NS(=O)(=O)c1cccc(C(=O)NCc2noc(-c3ccsc3)n2)c1. The average molecular weight is 406 g/mol. The van der Waals surface area contributed by atoms with Gasteiger partial charge < -0.3 is 9.84 Å². The molecular formula is C17H18N4O4S2. The lowest BCUT2D eigenvalue weighted by Crippen LogP contribution is -2.30. The van der Waals surface area contributed by atoms with Crippen LogP contribution in [-0.4, -0.2) is 30.5 Å². The first kappa shape index (κ1) is 19.2. The molecule has 8 nitrogen and oxygen atoms in total. The van der Waals surface area contributed by atoms with Crippen molar-refractivity contribution in [2.24, 2.45) is 0 Å². The first-order valence-corrected chi connectivity index (χ1v) is 10.5. The van der Waals surface area contributed by atoms with Crippen LogP contribution in [0.4, 0.5) is 0 Å². The first-order chi connectivity index (χ1) is 12.8. The van der Waals surface area contributed by atoms with Gasteiger partial charge in [-0.2, -0.15) is 16.3 Å². The summed E-state index contributed by atoms with van der Waals surface area (Å²) >= 11 is 1.51. The second-order valence-electron chi connectivity index (χ2n) is 6.01. The van der Waals surface area contributed by atoms with Crippen molar-refractivity contribution < 1.29 is 17.7 Å². The van der Waals surface area contributed by atoms with Gasteiger partial charge in [0.2, 0.25) is 10.0 Å². The summed E-state index contributed by atoms with van der Waals surface area (Å²) in [5, 5.41) is 10.3. The van der Waals surface area contributed by atoms with E-state index in [1.165, 1.54) is 35.6 Å². The van der Waals surface area contributed by atoms with Crippen molar-refractivity contribution in [3.63, 3.8) is 0 Å². The maximum Gasteiger partial charge on any atom is 0.258 e. The first-order valence-electron chi connectivity index (χ1n) is 8.11. The highest BCUT2D eigenvalue weighted by Crippen LogP contribution is 2.19. The van der Waals surface area contributed by atoms with E-state index >= 15 is 0 Å². The Labute approximate surface area is 160 Å². The normalized spacial score (nSPS) is 11.7. The largest absolute Gasteiger partial charge is 0.345 e. The van der Waals surface area contributed by atoms with Gasteiger partial charge in [-0.25, -0.2) is 13.1 Å². The summed E-state index contributed by atoms with van der Waals surface area (Å²) in [6, 6.07) is 7.44. The van der Waals surface area contributed by atoms with E-state index in [9.17, 15) is 13.2 Å². The van der Waals surface area contributed by atoms with Crippen molar-refractivity contribution in [2.75, 3.05) is 0 Å². The molecule has 0 aliphatic heterocycles. The highest BCUT2D eigenvalue weighted by molar-refractivity contribution is 7.89. The van der Waals surface area contributed by atoms with E-state index in [0.29, 0.717) is 11.7 Å². The van der Waals surface area contributed by atoms with E-state index in [-0.39, 0.29) is 23.0 Å². The van der Waals surface area contributed by atoms with Crippen molar-refractivity contribution in [3.8, 4) is 11.5 Å². The Balaban J connectivity index is 1.67. The summed E-state index contributed by atoms with van der Waals surface area (Å²) in [6.45, 7) is 3.51. The lowest BCUT2D eigenvalue weighted by Gasteiger charge is -2.10. The monoisotopic (exact) mass is 406 g/mol. The molecule has 3 rings (SSSR count). The van der Waals surface area contributed by atoms with E-state index in [1.807, 2.05) is 16.8 Å². The Bertz CT molecular complexity index is 1030. The third kappa shape index (κ3) is 4.79. The van der Waals surface area contributed by atoms with Crippen molar-refractivity contribution in [1.82, 2.24) is 20.2 Å². The van der Waals surface area contributed by atoms with E-state index in [0.717, 1.165) is 5.56 Å². The van der Waals surface area contributed by atoms with Gasteiger partial charge in [-0.3, -0.25) is 4.79 Å². The summed E-state index contributed by atoms with van der Waals surface area (Å²) in [6.07, 6.45) is 0. The highest BCUT2D eigenvalue weighted by atomic mass is 32.2. The number of benzene rings is 1. The van der Waals surface area contributed by atoms with Gasteiger partial charge in [0.15, 0.2) is 5.82 Å². The summed E-state index contributed by atoms with van der Waals surface area (Å²) in [7, 11) is -3.67. The molecule has 0 aliphatic rings. The molecule has 142 valence electrons. The molecule has 0 bridgehead atoms. The second-order valence-corrected chi connectivity index (χ2v) is 8.51. The topological polar surface area (TPSA) is 114 Å². The van der Waals surface area contributed by atoms with Crippen LogP contribution >= 0.6 is 11.3 Å². The number of sulfonamides is 1. The van der Waals surface area contributed by atoms with Crippen molar-refractivity contribution in [2.45, 2.75) is 31.3 Å². The number of thiophene rings is 1. The number of amides is 1. The predicted octanol–water partition coefficient (Wildman–Crippen LogP) is 2.41. The Kier molecular flexibility index (Phi) is 5.68. The number of hydrogen-bond donors (Lipinski definition) is 2. The lowest BCUT2D eigenvalue weighted by atomic mass is 10.2. The number of nitrogens with one attached hydrogen (secondary N) is 2. The van der Waals surface area contributed by atoms with Crippen LogP contribution in [0, 0.1) is 0 Å². The van der Waals surface area contributed by atoms with Gasteiger partial charge in [0.25, 0.3) is 11.8 Å². The molecule has 2 aromatic heterocycles. The number of hydrogen-bond acceptors (Lipinski definition) is 7. The number of carbonyl (C=O) groups excluding carboxylic acids is 1. The smallest absolute Gasteiger partial charge is 0.258 e. The fourth-order valence-corrected chi connectivity index (χ4v) is 4.20. The van der Waals surface area contributed by atoms with Gasteiger partial charge in [0, 0.05) is 17.0 Å². The molecule has 0 aliphatic carbocycles. The predicted molar refractivity (Wildman–Crippen MR) is 101 cm³/mol. The quantitative estimate of drug-likeness (QED) is 0.623. The summed E-state index contributed by atoms with van der Waals surface area (Å²) in [4.78, 5) is 16.6. The zero-order chi connectivity index (χ0) is 19.4. The van der Waals surface area contributed by atoms with Crippen LogP contribution in [0.15, 0.2) is 50.5 Å². The Morgan fingerprint density at radius 1 is 1.30 bits per heavy atom. The third-order valence-corrected chi connectivity index (χ3v) is 5.78. The van der Waals surface area contributed by atoms with Crippen LogP contribution in [0.25, 0.3) is 11.5 Å².